The largest absolute Gasteiger partial charge is 0.494 e. The van der Waals surface area contributed by atoms with E-state index in [2.05, 4.69) is 29.6 Å². The summed E-state index contributed by atoms with van der Waals surface area (Å²) in [6.45, 7) is 3.34. The summed E-state index contributed by atoms with van der Waals surface area (Å²) in [4.78, 5) is 18.9. The van der Waals surface area contributed by atoms with Gasteiger partial charge in [0.2, 0.25) is 27.7 Å². The molecule has 5 rings (SSSR count). The van der Waals surface area contributed by atoms with E-state index in [1.165, 1.54) is 25.0 Å². The highest BCUT2D eigenvalue weighted by Gasteiger charge is 2.34. The van der Waals surface area contributed by atoms with Crippen LogP contribution < -0.4 is 19.1 Å². The van der Waals surface area contributed by atoms with Crippen LogP contribution in [0.25, 0.3) is 17.3 Å². The molecule has 1 fully saturated rings. The fourth-order valence-corrected chi connectivity index (χ4v) is 5.71. The minimum Gasteiger partial charge on any atom is -0.494 e. The van der Waals surface area contributed by atoms with Crippen LogP contribution in [-0.4, -0.2) is 78.8 Å². The van der Waals surface area contributed by atoms with Crippen molar-refractivity contribution in [3.05, 3.63) is 54.8 Å². The van der Waals surface area contributed by atoms with Gasteiger partial charge >= 0.3 is 0 Å². The monoisotopic (exact) mass is 605 g/mol. The van der Waals surface area contributed by atoms with Crippen molar-refractivity contribution in [2.24, 2.45) is 0 Å². The molecule has 0 radical (unpaired) electrons. The first kappa shape index (κ1) is 30.2. The molecule has 0 aliphatic carbocycles. The zero-order valence-electron chi connectivity index (χ0n) is 23.1. The number of para-hydroxylation sites is 1. The summed E-state index contributed by atoms with van der Waals surface area (Å²) in [7, 11) is -0.981. The van der Waals surface area contributed by atoms with Crippen molar-refractivity contribution < 1.29 is 37.7 Å². The van der Waals surface area contributed by atoms with E-state index >= 15 is 0 Å². The summed E-state index contributed by atoms with van der Waals surface area (Å²) in [6, 6.07) is 8.54. The van der Waals surface area contributed by atoms with E-state index < -0.39 is 21.1 Å². The second-order valence-corrected chi connectivity index (χ2v) is 10.7. The van der Waals surface area contributed by atoms with E-state index in [1.807, 2.05) is 0 Å². The molecule has 4 aromatic rings. The second kappa shape index (κ2) is 13.8. The van der Waals surface area contributed by atoms with E-state index in [0.29, 0.717) is 55.4 Å². The number of sulfonamides is 1. The summed E-state index contributed by atoms with van der Waals surface area (Å²) in [5.74, 6) is 1.06. The molecule has 4 heterocycles. The van der Waals surface area contributed by atoms with Gasteiger partial charge in [-0.1, -0.05) is 6.07 Å². The molecular weight excluding hydrogens is 573 g/mol. The number of benzene rings is 1. The normalized spacial score (nSPS) is 14.9. The van der Waals surface area contributed by atoms with Gasteiger partial charge < -0.3 is 23.5 Å². The Morgan fingerprint density at radius 2 is 1.86 bits per heavy atom. The van der Waals surface area contributed by atoms with Crippen molar-refractivity contribution in [1.29, 1.82) is 0 Å². The fourth-order valence-electron chi connectivity index (χ4n) is 4.30. The van der Waals surface area contributed by atoms with Gasteiger partial charge in [-0.05, 0) is 44.0 Å². The highest BCUT2D eigenvalue weighted by molar-refractivity contribution is 7.93. The Hall–Kier alpha value is -4.73. The predicted molar refractivity (Wildman–Crippen MR) is 152 cm³/mol. The van der Waals surface area contributed by atoms with E-state index in [-0.39, 0.29) is 25.7 Å². The number of carbonyl (C=O) groups excluding carboxylic acids is 1. The third-order valence-corrected chi connectivity index (χ3v) is 7.93. The lowest BCUT2D eigenvalue weighted by atomic mass is 10.1. The molecular formula is C26H32FN7O7S. The first-order valence-electron chi connectivity index (χ1n) is 12.8. The number of piperidine rings is 1. The lowest BCUT2D eigenvalue weighted by Gasteiger charge is -2.32. The number of nitrogens with one attached hydrogen (secondary N) is 1. The highest BCUT2D eigenvalue weighted by atomic mass is 32.2. The molecule has 1 aromatic carbocycles. The van der Waals surface area contributed by atoms with Gasteiger partial charge in [-0.3, -0.25) is 14.1 Å². The SMILES string of the molecule is CCOC=O.COc1cccc(OC)c1-n1c(NS(=O)(=O)[C@H]2CCCN(c3ncc(F)cn3)C2)nnc1-c1ccco1.[HH]. The van der Waals surface area contributed by atoms with Crippen LogP contribution in [-0.2, 0) is 19.6 Å². The summed E-state index contributed by atoms with van der Waals surface area (Å²) in [5.41, 5.74) is 0.395. The van der Waals surface area contributed by atoms with Crippen LogP contribution in [0.3, 0.4) is 0 Å². The third-order valence-electron chi connectivity index (χ3n) is 6.20. The number of halogens is 1. The first-order chi connectivity index (χ1) is 20.3. The number of rotatable bonds is 10. The Morgan fingerprint density at radius 1 is 1.14 bits per heavy atom. The molecule has 1 aliphatic rings. The van der Waals surface area contributed by atoms with Crippen molar-refractivity contribution in [1.82, 2.24) is 24.7 Å². The van der Waals surface area contributed by atoms with Crippen LogP contribution in [0.1, 0.15) is 21.2 Å². The molecule has 3 aromatic heterocycles. The number of hydrogen-bond acceptors (Lipinski definition) is 12. The lowest BCUT2D eigenvalue weighted by Crippen LogP contribution is -2.45. The van der Waals surface area contributed by atoms with E-state index in [1.54, 1.807) is 42.2 Å². The predicted octanol–water partition coefficient (Wildman–Crippen LogP) is 3.31. The maximum absolute atomic E-state index is 13.6. The van der Waals surface area contributed by atoms with Crippen LogP contribution in [0.15, 0.2) is 53.4 Å². The maximum Gasteiger partial charge on any atom is 0.293 e. The number of ether oxygens (including phenoxy) is 3. The Bertz CT molecular complexity index is 1550. The molecule has 1 aliphatic heterocycles. The summed E-state index contributed by atoms with van der Waals surface area (Å²) in [6.07, 6.45) is 4.57. The van der Waals surface area contributed by atoms with E-state index in [0.717, 1.165) is 12.4 Å². The van der Waals surface area contributed by atoms with Gasteiger partial charge in [0, 0.05) is 14.5 Å². The smallest absolute Gasteiger partial charge is 0.293 e. The number of carbonyl (C=O) groups is 1. The minimum atomic E-state index is -3.97. The van der Waals surface area contributed by atoms with Crippen LogP contribution in [0.5, 0.6) is 11.5 Å². The molecule has 16 heteroatoms. The van der Waals surface area contributed by atoms with Crippen LogP contribution >= 0.6 is 0 Å². The Morgan fingerprint density at radius 3 is 2.43 bits per heavy atom. The van der Waals surface area contributed by atoms with Gasteiger partial charge in [-0.15, -0.1) is 10.2 Å². The van der Waals surface area contributed by atoms with Gasteiger partial charge in [0.1, 0.15) is 17.2 Å². The molecule has 0 saturated carbocycles. The maximum atomic E-state index is 13.6. The zero-order valence-corrected chi connectivity index (χ0v) is 24.0. The topological polar surface area (TPSA) is 164 Å². The molecule has 226 valence electrons. The molecule has 1 N–H and O–H groups in total. The van der Waals surface area contributed by atoms with Crippen LogP contribution in [0, 0.1) is 5.82 Å². The van der Waals surface area contributed by atoms with Crippen LogP contribution in [0.4, 0.5) is 16.3 Å². The molecule has 42 heavy (non-hydrogen) atoms. The molecule has 1 saturated heterocycles. The number of anilines is 2. The fraction of sp³-hybridized carbons (Fsp3) is 0.346. The quantitative estimate of drug-likeness (QED) is 0.263. The average molecular weight is 606 g/mol. The Kier molecular flexibility index (Phi) is 9.90. The molecule has 0 unspecified atom stereocenters. The second-order valence-electron chi connectivity index (χ2n) is 8.78. The number of furan rings is 1. The zero-order chi connectivity index (χ0) is 30.1. The Balaban J connectivity index is 0.000000781. The summed E-state index contributed by atoms with van der Waals surface area (Å²) >= 11 is 0. The van der Waals surface area contributed by atoms with Crippen molar-refractivity contribution >= 4 is 28.4 Å². The average Bonchev–Trinajstić information content (AvgIpc) is 3.68. The lowest BCUT2D eigenvalue weighted by molar-refractivity contribution is -0.128. The molecule has 0 spiro atoms. The highest BCUT2D eigenvalue weighted by Crippen LogP contribution is 2.38. The summed E-state index contributed by atoms with van der Waals surface area (Å²) < 4.78 is 65.3. The standard InChI is InChI=1S/C23H24FN7O5S.C3H6O2.H2/c1-34-17-7-3-8-18(35-2)20(17)31-21(19-9-5-11-36-19)27-28-23(31)29-37(32,33)16-6-4-10-30(14-16)22-25-12-15(24)13-26-22;1-2-5-3-4;/h3,5,7-9,11-13,16H,4,6,10,14H2,1-2H3,(H,28,29);3H,2H2,1H3;1H/t16-;;/m0../s1. The number of nitrogens with zero attached hydrogens (tertiary/aromatic N) is 6. The molecule has 1 atom stereocenters. The third kappa shape index (κ3) is 6.76. The van der Waals surface area contributed by atoms with E-state index in [9.17, 15) is 17.6 Å². The van der Waals surface area contributed by atoms with Gasteiger partial charge in [-0.2, -0.15) is 0 Å². The van der Waals surface area contributed by atoms with Crippen molar-refractivity contribution in [3.8, 4) is 28.8 Å². The van der Waals surface area contributed by atoms with Gasteiger partial charge in [0.25, 0.3) is 6.47 Å². The molecule has 14 nitrogen and oxygen atoms in total. The molecule has 0 amide bonds. The summed E-state index contributed by atoms with van der Waals surface area (Å²) in [5, 5.41) is 7.53. The minimum absolute atomic E-state index is 0. The first-order valence-corrected chi connectivity index (χ1v) is 14.4. The van der Waals surface area contributed by atoms with E-state index in [4.69, 9.17) is 13.9 Å². The number of aromatic nitrogens is 5. The van der Waals surface area contributed by atoms with Crippen LogP contribution in [0.2, 0.25) is 0 Å². The van der Waals surface area contributed by atoms with Crippen molar-refractivity contribution in [2.75, 3.05) is 43.5 Å². The van der Waals surface area contributed by atoms with Crippen molar-refractivity contribution in [2.45, 2.75) is 25.0 Å². The Labute approximate surface area is 243 Å². The van der Waals surface area contributed by atoms with Gasteiger partial charge in [0.05, 0.1) is 44.7 Å². The number of methoxy groups -OCH3 is 2. The molecule has 0 bridgehead atoms. The number of hydrogen-bond donors (Lipinski definition) is 1. The van der Waals surface area contributed by atoms with Gasteiger partial charge in [-0.25, -0.2) is 22.8 Å². The van der Waals surface area contributed by atoms with Gasteiger partial charge in [0.15, 0.2) is 11.6 Å². The van der Waals surface area contributed by atoms with Crippen molar-refractivity contribution in [3.63, 3.8) is 0 Å².